The second-order valence-corrected chi connectivity index (χ2v) is 6.31. The van der Waals surface area contributed by atoms with Crippen molar-refractivity contribution in [2.75, 3.05) is 13.4 Å². The minimum Gasteiger partial charge on any atom is -0.465 e. The molecule has 0 spiro atoms. The van der Waals surface area contributed by atoms with Gasteiger partial charge in [-0.05, 0) is 12.1 Å². The first kappa shape index (κ1) is 16.5. The first-order valence-corrected chi connectivity index (χ1v) is 7.68. The van der Waals surface area contributed by atoms with E-state index in [1.54, 1.807) is 0 Å². The Morgan fingerprint density at radius 3 is 2.35 bits per heavy atom. The van der Waals surface area contributed by atoms with Crippen LogP contribution in [0.5, 0.6) is 0 Å². The van der Waals surface area contributed by atoms with Crippen molar-refractivity contribution in [2.24, 2.45) is 0 Å². The van der Waals surface area contributed by atoms with Crippen molar-refractivity contribution in [3.05, 3.63) is 28.3 Å². The molecule has 0 aliphatic rings. The first-order chi connectivity index (χ1) is 9.18. The fraction of sp³-hybridized carbons (Fsp3) is 0.333. The molecule has 0 bridgehead atoms. The van der Waals surface area contributed by atoms with Gasteiger partial charge in [-0.15, -0.1) is 0 Å². The highest BCUT2D eigenvalue weighted by molar-refractivity contribution is 7.90. The normalized spacial score (nSPS) is 11.0. The fourth-order valence-electron chi connectivity index (χ4n) is 1.53. The lowest BCUT2D eigenvalue weighted by Crippen LogP contribution is -2.11. The van der Waals surface area contributed by atoms with Gasteiger partial charge >= 0.3 is 11.9 Å². The van der Waals surface area contributed by atoms with Crippen molar-refractivity contribution < 1.29 is 27.5 Å². The molecule has 0 atom stereocenters. The van der Waals surface area contributed by atoms with E-state index in [0.29, 0.717) is 0 Å². The van der Waals surface area contributed by atoms with Crippen LogP contribution in [-0.4, -0.2) is 33.7 Å². The maximum Gasteiger partial charge on any atom is 0.339 e. The van der Waals surface area contributed by atoms with Crippen LogP contribution in [-0.2, 0) is 30.7 Å². The number of sulfone groups is 1. The van der Waals surface area contributed by atoms with Crippen molar-refractivity contribution in [2.45, 2.75) is 18.4 Å². The lowest BCUT2D eigenvalue weighted by Gasteiger charge is -2.12. The number of ether oxygens (including phenoxy) is 2. The van der Waals surface area contributed by atoms with Gasteiger partial charge in [-0.3, -0.25) is 4.79 Å². The Morgan fingerprint density at radius 2 is 1.90 bits per heavy atom. The summed E-state index contributed by atoms with van der Waals surface area (Å²) in [5.41, 5.74) is 0.0518. The van der Waals surface area contributed by atoms with Gasteiger partial charge in [0.25, 0.3) is 0 Å². The Hall–Kier alpha value is -1.60. The molecular weight excluding hydrogens is 308 g/mol. The summed E-state index contributed by atoms with van der Waals surface area (Å²) in [7, 11) is -2.41. The van der Waals surface area contributed by atoms with Crippen LogP contribution in [0.4, 0.5) is 0 Å². The average Bonchev–Trinajstić information content (AvgIpc) is 2.34. The smallest absolute Gasteiger partial charge is 0.339 e. The lowest BCUT2D eigenvalue weighted by atomic mass is 10.1. The minimum atomic E-state index is -3.58. The molecule has 0 saturated heterocycles. The van der Waals surface area contributed by atoms with E-state index in [4.69, 9.17) is 16.3 Å². The van der Waals surface area contributed by atoms with Crippen LogP contribution in [0.3, 0.4) is 0 Å². The number of methoxy groups -OCH3 is 1. The summed E-state index contributed by atoms with van der Waals surface area (Å²) >= 11 is 6.02. The predicted molar refractivity (Wildman–Crippen MR) is 71.4 cm³/mol. The third-order valence-electron chi connectivity index (χ3n) is 2.42. The molecule has 1 aromatic rings. The summed E-state index contributed by atoms with van der Waals surface area (Å²) < 4.78 is 32.7. The Bertz CT molecular complexity index is 650. The van der Waals surface area contributed by atoms with E-state index in [9.17, 15) is 18.0 Å². The monoisotopic (exact) mass is 320 g/mol. The number of carbonyl (C=O) groups is 2. The van der Waals surface area contributed by atoms with Gasteiger partial charge in [0.2, 0.25) is 0 Å². The zero-order valence-electron chi connectivity index (χ0n) is 11.1. The van der Waals surface area contributed by atoms with E-state index in [1.807, 2.05) is 0 Å². The number of esters is 2. The molecule has 0 heterocycles. The van der Waals surface area contributed by atoms with Crippen LogP contribution in [0.1, 0.15) is 22.8 Å². The molecule has 8 heteroatoms. The number of carbonyl (C=O) groups excluding carboxylic acids is 2. The lowest BCUT2D eigenvalue weighted by molar-refractivity contribution is -0.142. The molecule has 0 aliphatic heterocycles. The van der Waals surface area contributed by atoms with E-state index >= 15 is 0 Å². The molecule has 0 aromatic heterocycles. The van der Waals surface area contributed by atoms with Crippen molar-refractivity contribution in [3.8, 4) is 0 Å². The molecule has 20 heavy (non-hydrogen) atoms. The second kappa shape index (κ2) is 6.23. The first-order valence-electron chi connectivity index (χ1n) is 5.41. The van der Waals surface area contributed by atoms with Gasteiger partial charge in [0.05, 0.1) is 22.6 Å². The molecule has 0 fully saturated rings. The average molecular weight is 321 g/mol. The maximum atomic E-state index is 11.7. The van der Waals surface area contributed by atoms with Gasteiger partial charge in [-0.25, -0.2) is 13.2 Å². The van der Waals surface area contributed by atoms with E-state index in [1.165, 1.54) is 26.2 Å². The number of benzene rings is 1. The van der Waals surface area contributed by atoms with Crippen molar-refractivity contribution in [1.82, 2.24) is 0 Å². The van der Waals surface area contributed by atoms with Crippen molar-refractivity contribution in [1.29, 1.82) is 0 Å². The minimum absolute atomic E-state index is 0.00344. The molecule has 6 nitrogen and oxygen atoms in total. The summed E-state index contributed by atoms with van der Waals surface area (Å²) in [6.07, 6.45) is 0.994. The zero-order chi connectivity index (χ0) is 15.5. The molecule has 0 aliphatic carbocycles. The molecule has 0 amide bonds. The Morgan fingerprint density at radius 1 is 1.30 bits per heavy atom. The molecule has 0 unspecified atom stereocenters. The number of hydrogen-bond donors (Lipinski definition) is 0. The highest BCUT2D eigenvalue weighted by Gasteiger charge is 2.22. The van der Waals surface area contributed by atoms with Crippen LogP contribution >= 0.6 is 11.6 Å². The van der Waals surface area contributed by atoms with Crippen LogP contribution in [0.25, 0.3) is 0 Å². The number of rotatable bonds is 4. The predicted octanol–water partition coefficient (Wildman–Crippen LogP) is 1.59. The molecule has 1 rings (SSSR count). The molecule has 1 aromatic carbocycles. The van der Waals surface area contributed by atoms with E-state index in [0.717, 1.165) is 6.26 Å². The molecule has 0 radical (unpaired) electrons. The van der Waals surface area contributed by atoms with Crippen LogP contribution in [0, 0.1) is 0 Å². The third-order valence-corrected chi connectivity index (χ3v) is 4.04. The number of halogens is 1. The van der Waals surface area contributed by atoms with Crippen molar-refractivity contribution >= 4 is 33.4 Å². The Kier molecular flexibility index (Phi) is 5.13. The fourth-order valence-corrected chi connectivity index (χ4v) is 2.80. The zero-order valence-corrected chi connectivity index (χ0v) is 12.7. The van der Waals surface area contributed by atoms with Gasteiger partial charge in [0.15, 0.2) is 9.84 Å². The maximum absolute atomic E-state index is 11.7. The molecule has 0 saturated carbocycles. The van der Waals surface area contributed by atoms with Crippen LogP contribution in [0.2, 0.25) is 5.02 Å². The Balaban J connectivity index is 3.45. The van der Waals surface area contributed by atoms with Crippen LogP contribution < -0.4 is 0 Å². The molecule has 0 N–H and O–H groups in total. The summed E-state index contributed by atoms with van der Waals surface area (Å²) in [5, 5.41) is -0.110. The van der Waals surface area contributed by atoms with Gasteiger partial charge in [0.1, 0.15) is 6.61 Å². The van der Waals surface area contributed by atoms with Crippen molar-refractivity contribution in [3.63, 3.8) is 0 Å². The standard InChI is InChI=1S/C12H13ClO6S/c1-7(14)19-6-9-10(20(3,16)17)5-4-8(11(9)13)12(15)18-2/h4-5H,6H2,1-3H3. The van der Waals surface area contributed by atoms with Crippen LogP contribution in [0.15, 0.2) is 17.0 Å². The highest BCUT2D eigenvalue weighted by atomic mass is 35.5. The van der Waals surface area contributed by atoms with Gasteiger partial charge in [-0.2, -0.15) is 0 Å². The quantitative estimate of drug-likeness (QED) is 0.783. The second-order valence-electron chi connectivity index (χ2n) is 3.95. The van der Waals surface area contributed by atoms with Gasteiger partial charge in [0, 0.05) is 18.7 Å². The third kappa shape index (κ3) is 3.71. The molecule has 110 valence electrons. The summed E-state index contributed by atoms with van der Waals surface area (Å²) in [6.45, 7) is 0.833. The topological polar surface area (TPSA) is 86.7 Å². The summed E-state index contributed by atoms with van der Waals surface area (Å²) in [4.78, 5) is 22.3. The van der Waals surface area contributed by atoms with Gasteiger partial charge < -0.3 is 9.47 Å². The number of hydrogen-bond acceptors (Lipinski definition) is 6. The largest absolute Gasteiger partial charge is 0.465 e. The van der Waals surface area contributed by atoms with E-state index in [-0.39, 0.29) is 27.7 Å². The van der Waals surface area contributed by atoms with E-state index < -0.39 is 21.8 Å². The van der Waals surface area contributed by atoms with E-state index in [2.05, 4.69) is 4.74 Å². The SMILES string of the molecule is COC(=O)c1ccc(S(C)(=O)=O)c(COC(C)=O)c1Cl. The van der Waals surface area contributed by atoms with Gasteiger partial charge in [-0.1, -0.05) is 11.6 Å². The Labute approximate surface area is 121 Å². The highest BCUT2D eigenvalue weighted by Crippen LogP contribution is 2.29. The summed E-state index contributed by atoms with van der Waals surface area (Å²) in [6, 6.07) is 2.48. The summed E-state index contributed by atoms with van der Waals surface area (Å²) in [5.74, 6) is -1.30. The molecular formula is C12H13ClO6S.